The predicted octanol–water partition coefficient (Wildman–Crippen LogP) is 3.58. The third kappa shape index (κ3) is 6.91. The fourth-order valence-electron chi connectivity index (χ4n) is 2.05. The molecule has 3 N–H and O–H groups in total. The maximum Gasteiger partial charge on any atom is 0.220 e. The molecule has 0 spiro atoms. The molecular formula is C16H26ClFN2O. The number of nitrogens with one attached hydrogen (secondary N) is 1. The van der Waals surface area contributed by atoms with E-state index >= 15 is 0 Å². The fraction of sp³-hybridized carbons (Fsp3) is 0.562. The monoisotopic (exact) mass is 316 g/mol. The van der Waals surface area contributed by atoms with Crippen molar-refractivity contribution >= 4 is 18.3 Å². The molecule has 0 bridgehead atoms. The lowest BCUT2D eigenvalue weighted by Gasteiger charge is -2.32. The highest BCUT2D eigenvalue weighted by Gasteiger charge is 2.27. The van der Waals surface area contributed by atoms with Crippen molar-refractivity contribution in [2.75, 3.05) is 0 Å². The summed E-state index contributed by atoms with van der Waals surface area (Å²) in [7, 11) is 0. The summed E-state index contributed by atoms with van der Waals surface area (Å²) < 4.78 is 13.0. The van der Waals surface area contributed by atoms with E-state index in [1.165, 1.54) is 12.1 Å². The highest BCUT2D eigenvalue weighted by atomic mass is 35.5. The highest BCUT2D eigenvalue weighted by molar-refractivity contribution is 5.85. The molecular weight excluding hydrogens is 291 g/mol. The first-order chi connectivity index (χ1) is 9.20. The molecule has 21 heavy (non-hydrogen) atoms. The number of halogens is 2. The molecule has 1 amide bonds. The Hall–Kier alpha value is -1.13. The Labute approximate surface area is 132 Å². The van der Waals surface area contributed by atoms with Crippen LogP contribution in [0, 0.1) is 11.2 Å². The molecule has 1 rings (SSSR count). The van der Waals surface area contributed by atoms with Crippen LogP contribution in [0.5, 0.6) is 0 Å². The summed E-state index contributed by atoms with van der Waals surface area (Å²) >= 11 is 0. The molecule has 2 atom stereocenters. The molecule has 0 saturated heterocycles. The summed E-state index contributed by atoms with van der Waals surface area (Å²) in [5.74, 6) is -0.295. The van der Waals surface area contributed by atoms with Crippen LogP contribution in [0.25, 0.3) is 0 Å². The Balaban J connectivity index is 0.00000400. The number of hydrogen-bond acceptors (Lipinski definition) is 2. The van der Waals surface area contributed by atoms with Crippen LogP contribution in [0.1, 0.15) is 52.1 Å². The van der Waals surface area contributed by atoms with E-state index in [1.54, 1.807) is 12.1 Å². The van der Waals surface area contributed by atoms with Gasteiger partial charge in [0.15, 0.2) is 0 Å². The van der Waals surface area contributed by atoms with Crippen molar-refractivity contribution in [3.05, 3.63) is 35.6 Å². The normalized spacial score (nSPS) is 14.0. The van der Waals surface area contributed by atoms with Crippen LogP contribution in [0.4, 0.5) is 4.39 Å². The molecule has 0 aliphatic carbocycles. The van der Waals surface area contributed by atoms with Crippen molar-refractivity contribution in [2.45, 2.75) is 52.6 Å². The SMILES string of the molecule is CC(N)CCC(=O)NC(c1ccc(F)cc1)C(C)(C)C.Cl. The van der Waals surface area contributed by atoms with Gasteiger partial charge in [-0.2, -0.15) is 0 Å². The summed E-state index contributed by atoms with van der Waals surface area (Å²) in [4.78, 5) is 12.0. The van der Waals surface area contributed by atoms with Crippen LogP contribution < -0.4 is 11.1 Å². The Morgan fingerprint density at radius 2 is 1.81 bits per heavy atom. The van der Waals surface area contributed by atoms with Gasteiger partial charge in [0.1, 0.15) is 5.82 Å². The molecule has 0 aliphatic heterocycles. The molecule has 1 aromatic carbocycles. The first-order valence-corrected chi connectivity index (χ1v) is 7.00. The van der Waals surface area contributed by atoms with Gasteiger partial charge in [-0.15, -0.1) is 12.4 Å². The van der Waals surface area contributed by atoms with E-state index < -0.39 is 0 Å². The van der Waals surface area contributed by atoms with Crippen LogP contribution in [-0.4, -0.2) is 11.9 Å². The number of hydrogen-bond donors (Lipinski definition) is 2. The number of rotatable bonds is 5. The molecule has 5 heteroatoms. The Morgan fingerprint density at radius 1 is 1.29 bits per heavy atom. The third-order valence-corrected chi connectivity index (χ3v) is 3.20. The molecule has 0 aromatic heterocycles. The van der Waals surface area contributed by atoms with Gasteiger partial charge in [0.2, 0.25) is 5.91 Å². The van der Waals surface area contributed by atoms with Gasteiger partial charge in [0.05, 0.1) is 6.04 Å². The Bertz CT molecular complexity index is 441. The van der Waals surface area contributed by atoms with E-state index in [-0.39, 0.29) is 41.6 Å². The fourth-order valence-corrected chi connectivity index (χ4v) is 2.05. The van der Waals surface area contributed by atoms with E-state index in [2.05, 4.69) is 5.32 Å². The molecule has 1 aromatic rings. The number of carbonyl (C=O) groups is 1. The predicted molar refractivity (Wildman–Crippen MR) is 86.9 cm³/mol. The van der Waals surface area contributed by atoms with Crippen molar-refractivity contribution in [3.63, 3.8) is 0 Å². The minimum absolute atomic E-state index is 0. The van der Waals surface area contributed by atoms with Gasteiger partial charge in [-0.25, -0.2) is 4.39 Å². The standard InChI is InChI=1S/C16H25FN2O.ClH/c1-11(18)5-10-14(20)19-15(16(2,3)4)12-6-8-13(17)9-7-12;/h6-9,11,15H,5,10,18H2,1-4H3,(H,19,20);1H. The van der Waals surface area contributed by atoms with E-state index in [0.29, 0.717) is 12.8 Å². The van der Waals surface area contributed by atoms with Crippen LogP contribution >= 0.6 is 12.4 Å². The molecule has 0 fully saturated rings. The second-order valence-electron chi connectivity index (χ2n) is 6.43. The van der Waals surface area contributed by atoms with E-state index in [0.717, 1.165) is 5.56 Å². The summed E-state index contributed by atoms with van der Waals surface area (Å²) in [6.07, 6.45) is 1.07. The maximum atomic E-state index is 13.0. The number of benzene rings is 1. The summed E-state index contributed by atoms with van der Waals surface area (Å²) in [6, 6.07) is 6.14. The van der Waals surface area contributed by atoms with Crippen LogP contribution in [0.2, 0.25) is 0 Å². The zero-order valence-corrected chi connectivity index (χ0v) is 14.0. The summed E-state index contributed by atoms with van der Waals surface area (Å²) in [5.41, 5.74) is 6.42. The van der Waals surface area contributed by atoms with Crippen LogP contribution in [0.15, 0.2) is 24.3 Å². The topological polar surface area (TPSA) is 55.1 Å². The lowest BCUT2D eigenvalue weighted by Crippen LogP contribution is -2.37. The zero-order valence-electron chi connectivity index (χ0n) is 13.2. The molecule has 0 aliphatic rings. The number of nitrogens with two attached hydrogens (primary N) is 1. The second kappa shape index (κ2) is 8.35. The van der Waals surface area contributed by atoms with Gasteiger partial charge in [-0.05, 0) is 36.5 Å². The minimum atomic E-state index is -0.273. The molecule has 0 radical (unpaired) electrons. The quantitative estimate of drug-likeness (QED) is 0.872. The first kappa shape index (κ1) is 19.9. The minimum Gasteiger partial charge on any atom is -0.349 e. The van der Waals surface area contributed by atoms with E-state index in [9.17, 15) is 9.18 Å². The summed E-state index contributed by atoms with van der Waals surface area (Å²) in [6.45, 7) is 8.03. The lowest BCUT2D eigenvalue weighted by molar-refractivity contribution is -0.122. The zero-order chi connectivity index (χ0) is 15.3. The van der Waals surface area contributed by atoms with Crippen LogP contribution in [-0.2, 0) is 4.79 Å². The van der Waals surface area contributed by atoms with Gasteiger partial charge >= 0.3 is 0 Å². The number of amides is 1. The Morgan fingerprint density at radius 3 is 2.24 bits per heavy atom. The molecule has 2 unspecified atom stereocenters. The Kier molecular flexibility index (Phi) is 7.90. The molecule has 120 valence electrons. The van der Waals surface area contributed by atoms with E-state index in [4.69, 9.17) is 5.73 Å². The van der Waals surface area contributed by atoms with Crippen molar-refractivity contribution in [1.82, 2.24) is 5.32 Å². The smallest absolute Gasteiger partial charge is 0.220 e. The van der Waals surface area contributed by atoms with Crippen molar-refractivity contribution in [2.24, 2.45) is 11.1 Å². The van der Waals surface area contributed by atoms with Crippen molar-refractivity contribution in [3.8, 4) is 0 Å². The van der Waals surface area contributed by atoms with Crippen molar-refractivity contribution < 1.29 is 9.18 Å². The third-order valence-electron chi connectivity index (χ3n) is 3.20. The maximum absolute atomic E-state index is 13.0. The van der Waals surface area contributed by atoms with Gasteiger partial charge in [0.25, 0.3) is 0 Å². The molecule has 0 saturated carbocycles. The van der Waals surface area contributed by atoms with Crippen molar-refractivity contribution in [1.29, 1.82) is 0 Å². The van der Waals surface area contributed by atoms with Gasteiger partial charge in [-0.3, -0.25) is 4.79 Å². The first-order valence-electron chi connectivity index (χ1n) is 7.00. The van der Waals surface area contributed by atoms with E-state index in [1.807, 2.05) is 27.7 Å². The number of carbonyl (C=O) groups excluding carboxylic acids is 1. The average molecular weight is 317 g/mol. The molecule has 0 heterocycles. The van der Waals surface area contributed by atoms with Crippen LogP contribution in [0.3, 0.4) is 0 Å². The van der Waals surface area contributed by atoms with Gasteiger partial charge in [0, 0.05) is 12.5 Å². The molecule has 3 nitrogen and oxygen atoms in total. The van der Waals surface area contributed by atoms with Gasteiger partial charge < -0.3 is 11.1 Å². The lowest BCUT2D eigenvalue weighted by atomic mass is 9.82. The van der Waals surface area contributed by atoms with Gasteiger partial charge in [-0.1, -0.05) is 32.9 Å². The second-order valence-corrected chi connectivity index (χ2v) is 6.43. The highest BCUT2D eigenvalue weighted by Crippen LogP contribution is 2.32. The largest absolute Gasteiger partial charge is 0.349 e. The summed E-state index contributed by atoms with van der Waals surface area (Å²) in [5, 5.41) is 3.03. The average Bonchev–Trinajstić information content (AvgIpc) is 2.33.